The van der Waals surface area contributed by atoms with Gasteiger partial charge < -0.3 is 4.74 Å². The molecule has 6 heteroatoms. The van der Waals surface area contributed by atoms with E-state index in [0.717, 1.165) is 36.8 Å². The summed E-state index contributed by atoms with van der Waals surface area (Å²) in [6.45, 7) is 0. The van der Waals surface area contributed by atoms with Crippen molar-refractivity contribution in [3.8, 4) is 17.0 Å². The topological polar surface area (TPSA) is 68.3 Å². The molecule has 0 aliphatic heterocycles. The zero-order valence-electron chi connectivity index (χ0n) is 16.1. The number of hydrogen-bond donors (Lipinski definition) is 1. The normalized spacial score (nSPS) is 19.6. The van der Waals surface area contributed by atoms with Gasteiger partial charge in [0.05, 0.1) is 4.90 Å². The second kappa shape index (κ2) is 8.76. The highest BCUT2D eigenvalue weighted by Gasteiger charge is 2.26. The fourth-order valence-corrected chi connectivity index (χ4v) is 4.94. The Morgan fingerprint density at radius 2 is 1.45 bits per heavy atom. The maximum Gasteiger partial charge on any atom is 0.240 e. The van der Waals surface area contributed by atoms with Crippen LogP contribution in [-0.2, 0) is 10.0 Å². The first-order chi connectivity index (χ1) is 14.1. The first-order valence-corrected chi connectivity index (χ1v) is 11.3. The molecule has 1 heterocycles. The van der Waals surface area contributed by atoms with Crippen LogP contribution in [0.5, 0.6) is 5.88 Å². The van der Waals surface area contributed by atoms with Gasteiger partial charge in [-0.15, -0.1) is 0 Å². The summed E-state index contributed by atoms with van der Waals surface area (Å²) in [6, 6.07) is 22.5. The number of nitrogens with one attached hydrogen (secondary N) is 1. The highest BCUT2D eigenvalue weighted by Crippen LogP contribution is 2.25. The van der Waals surface area contributed by atoms with Crippen molar-refractivity contribution in [3.05, 3.63) is 79.0 Å². The molecule has 5 nitrogen and oxygen atoms in total. The number of benzene rings is 2. The van der Waals surface area contributed by atoms with E-state index in [4.69, 9.17) is 4.74 Å². The third kappa shape index (κ3) is 5.02. The molecule has 1 N–H and O–H groups in total. The molecule has 150 valence electrons. The average molecular weight is 409 g/mol. The van der Waals surface area contributed by atoms with Gasteiger partial charge in [0.15, 0.2) is 0 Å². The predicted molar refractivity (Wildman–Crippen MR) is 113 cm³/mol. The van der Waals surface area contributed by atoms with Crippen LogP contribution in [0.25, 0.3) is 11.1 Å². The molecular formula is C23H24N2O3S. The number of hydrogen-bond acceptors (Lipinski definition) is 4. The lowest BCUT2D eigenvalue weighted by atomic mass is 9.94. The Morgan fingerprint density at radius 3 is 2.10 bits per heavy atom. The number of rotatable bonds is 6. The van der Waals surface area contributed by atoms with Crippen LogP contribution in [0.4, 0.5) is 0 Å². The summed E-state index contributed by atoms with van der Waals surface area (Å²) in [5, 5.41) is 0. The second-order valence-electron chi connectivity index (χ2n) is 7.27. The molecule has 0 radical (unpaired) electrons. The molecule has 0 bridgehead atoms. The fourth-order valence-electron chi connectivity index (χ4n) is 3.63. The highest BCUT2D eigenvalue weighted by molar-refractivity contribution is 7.89. The van der Waals surface area contributed by atoms with Crippen molar-refractivity contribution in [2.75, 3.05) is 0 Å². The molecule has 1 aliphatic carbocycles. The van der Waals surface area contributed by atoms with Crippen LogP contribution in [0, 0.1) is 0 Å². The number of aromatic nitrogens is 1. The summed E-state index contributed by atoms with van der Waals surface area (Å²) >= 11 is 0. The zero-order chi connectivity index (χ0) is 20.1. The van der Waals surface area contributed by atoms with E-state index in [1.807, 2.05) is 60.7 Å². The lowest BCUT2D eigenvalue weighted by molar-refractivity contribution is 0.138. The number of nitrogens with zero attached hydrogens (tertiary/aromatic N) is 1. The molecule has 1 saturated carbocycles. The van der Waals surface area contributed by atoms with Crippen LogP contribution in [0.2, 0.25) is 0 Å². The van der Waals surface area contributed by atoms with Crippen LogP contribution in [-0.4, -0.2) is 25.5 Å². The second-order valence-corrected chi connectivity index (χ2v) is 8.99. The van der Waals surface area contributed by atoms with Gasteiger partial charge in [-0.3, -0.25) is 0 Å². The van der Waals surface area contributed by atoms with Crippen LogP contribution >= 0.6 is 0 Å². The van der Waals surface area contributed by atoms with Crippen molar-refractivity contribution >= 4 is 10.0 Å². The monoisotopic (exact) mass is 408 g/mol. The third-order valence-electron chi connectivity index (χ3n) is 5.19. The van der Waals surface area contributed by atoms with Gasteiger partial charge in [-0.2, -0.15) is 0 Å². The summed E-state index contributed by atoms with van der Waals surface area (Å²) in [6.07, 6.45) is 4.89. The van der Waals surface area contributed by atoms with Gasteiger partial charge in [0.2, 0.25) is 15.9 Å². The molecule has 4 rings (SSSR count). The van der Waals surface area contributed by atoms with E-state index < -0.39 is 10.0 Å². The smallest absolute Gasteiger partial charge is 0.240 e. The highest BCUT2D eigenvalue weighted by atomic mass is 32.2. The van der Waals surface area contributed by atoms with Gasteiger partial charge in [0, 0.05) is 18.3 Å². The number of ether oxygens (including phenoxy) is 1. The maximum absolute atomic E-state index is 12.8. The van der Waals surface area contributed by atoms with Gasteiger partial charge in [-0.05, 0) is 55.0 Å². The minimum Gasteiger partial charge on any atom is -0.474 e. The van der Waals surface area contributed by atoms with Crippen molar-refractivity contribution < 1.29 is 13.2 Å². The predicted octanol–water partition coefficient (Wildman–Crippen LogP) is 4.42. The Morgan fingerprint density at radius 1 is 0.793 bits per heavy atom. The Bertz CT molecular complexity index is 1010. The largest absolute Gasteiger partial charge is 0.474 e. The molecule has 29 heavy (non-hydrogen) atoms. The minimum absolute atomic E-state index is 0.0719. The van der Waals surface area contributed by atoms with Crippen molar-refractivity contribution in [3.63, 3.8) is 0 Å². The lowest BCUT2D eigenvalue weighted by Gasteiger charge is -2.29. The van der Waals surface area contributed by atoms with E-state index in [1.165, 1.54) is 0 Å². The van der Waals surface area contributed by atoms with Crippen LogP contribution in [0.15, 0.2) is 83.9 Å². The first-order valence-electron chi connectivity index (χ1n) is 9.86. The van der Waals surface area contributed by atoms with Crippen molar-refractivity contribution in [2.45, 2.75) is 42.7 Å². The summed E-state index contributed by atoms with van der Waals surface area (Å²) in [7, 11) is -3.54. The van der Waals surface area contributed by atoms with E-state index in [0.29, 0.717) is 10.8 Å². The van der Waals surface area contributed by atoms with Crippen LogP contribution < -0.4 is 9.46 Å². The molecule has 1 aliphatic rings. The zero-order valence-corrected chi connectivity index (χ0v) is 16.9. The Labute approximate surface area is 171 Å². The quantitative estimate of drug-likeness (QED) is 0.656. The van der Waals surface area contributed by atoms with Crippen molar-refractivity contribution in [2.24, 2.45) is 0 Å². The standard InChI is InChI=1S/C23H24N2O3S/c26-29(27,22-15-9-19(10-16-22)18-6-2-1-3-7-18)25-20-11-13-21(14-12-20)28-23-8-4-5-17-24-23/h1-10,15-17,20-21,25H,11-14H2. The molecular weight excluding hydrogens is 384 g/mol. The van der Waals surface area contributed by atoms with E-state index in [-0.39, 0.29) is 12.1 Å². The molecule has 2 aromatic carbocycles. The molecule has 1 aromatic heterocycles. The summed E-state index contributed by atoms with van der Waals surface area (Å²) < 4.78 is 34.3. The molecule has 0 atom stereocenters. The van der Waals surface area contributed by atoms with E-state index in [1.54, 1.807) is 18.3 Å². The average Bonchev–Trinajstić information content (AvgIpc) is 2.76. The van der Waals surface area contributed by atoms with E-state index in [9.17, 15) is 8.42 Å². The molecule has 0 spiro atoms. The SMILES string of the molecule is O=S(=O)(NC1CCC(Oc2ccccn2)CC1)c1ccc(-c2ccccc2)cc1. The third-order valence-corrected chi connectivity index (χ3v) is 6.73. The van der Waals surface area contributed by atoms with Crippen LogP contribution in [0.1, 0.15) is 25.7 Å². The van der Waals surface area contributed by atoms with Crippen molar-refractivity contribution in [1.29, 1.82) is 0 Å². The lowest BCUT2D eigenvalue weighted by Crippen LogP contribution is -2.39. The van der Waals surface area contributed by atoms with Crippen molar-refractivity contribution in [1.82, 2.24) is 9.71 Å². The Balaban J connectivity index is 1.34. The summed E-state index contributed by atoms with van der Waals surface area (Å²) in [4.78, 5) is 4.48. The van der Waals surface area contributed by atoms with E-state index >= 15 is 0 Å². The molecule has 0 unspecified atom stereocenters. The van der Waals surface area contributed by atoms with Gasteiger partial charge in [0.25, 0.3) is 0 Å². The van der Waals surface area contributed by atoms with Gasteiger partial charge in [0.1, 0.15) is 6.10 Å². The number of pyridine rings is 1. The molecule has 3 aromatic rings. The van der Waals surface area contributed by atoms with Gasteiger partial charge >= 0.3 is 0 Å². The van der Waals surface area contributed by atoms with Crippen LogP contribution in [0.3, 0.4) is 0 Å². The Kier molecular flexibility index (Phi) is 5.92. The molecule has 1 fully saturated rings. The summed E-state index contributed by atoms with van der Waals surface area (Å²) in [5.74, 6) is 0.620. The van der Waals surface area contributed by atoms with E-state index in [2.05, 4.69) is 9.71 Å². The van der Waals surface area contributed by atoms with Gasteiger partial charge in [-0.25, -0.2) is 18.1 Å². The van der Waals surface area contributed by atoms with Gasteiger partial charge in [-0.1, -0.05) is 48.5 Å². The number of sulfonamides is 1. The minimum atomic E-state index is -3.54. The summed E-state index contributed by atoms with van der Waals surface area (Å²) in [5.41, 5.74) is 2.06. The first kappa shape index (κ1) is 19.6. The molecule has 0 amide bonds. The maximum atomic E-state index is 12.8. The fraction of sp³-hybridized carbons (Fsp3) is 0.261. The molecule has 0 saturated heterocycles. The Hall–Kier alpha value is -2.70.